The molecule has 0 aliphatic heterocycles. The number of rotatable bonds is 3. The molecule has 1 aromatic heterocycles. The van der Waals surface area contributed by atoms with Gasteiger partial charge in [0.25, 0.3) is 0 Å². The number of para-hydroxylation sites is 1. The van der Waals surface area contributed by atoms with E-state index in [2.05, 4.69) is 11.6 Å². The Balaban J connectivity index is 2.45. The Morgan fingerprint density at radius 2 is 2.06 bits per heavy atom. The number of primary amides is 1. The normalized spacial score (nSPS) is 10.2. The molecule has 80 valence electrons. The van der Waals surface area contributed by atoms with Crippen molar-refractivity contribution in [3.8, 4) is 0 Å². The summed E-state index contributed by atoms with van der Waals surface area (Å²) in [6, 6.07) is 9.68. The maximum atomic E-state index is 10.9. The first-order valence-corrected chi connectivity index (χ1v) is 4.98. The van der Waals surface area contributed by atoms with Crippen molar-refractivity contribution in [3.63, 3.8) is 0 Å². The van der Waals surface area contributed by atoms with Crippen LogP contribution in [0.15, 0.2) is 48.7 Å². The maximum Gasteiger partial charge on any atom is 0.244 e. The second-order valence-electron chi connectivity index (χ2n) is 3.63. The van der Waals surface area contributed by atoms with Crippen molar-refractivity contribution < 1.29 is 4.79 Å². The Kier molecular flexibility index (Phi) is 2.68. The Hall–Kier alpha value is -2.16. The summed E-state index contributed by atoms with van der Waals surface area (Å²) in [4.78, 5) is 15.2. The van der Waals surface area contributed by atoms with Crippen molar-refractivity contribution >= 4 is 16.8 Å². The van der Waals surface area contributed by atoms with Crippen molar-refractivity contribution in [1.29, 1.82) is 0 Å². The first kappa shape index (κ1) is 10.4. The van der Waals surface area contributed by atoms with E-state index in [-0.39, 0.29) is 0 Å². The van der Waals surface area contributed by atoms with Gasteiger partial charge in [-0.05, 0) is 17.7 Å². The standard InChI is InChI=1S/C13H12N2O/c1-9(13(14)16)8-10-6-7-15-12-5-3-2-4-11(10)12/h2-7H,1,8H2,(H2,14,16). The molecule has 0 saturated carbocycles. The number of fused-ring (bicyclic) bond motifs is 1. The zero-order valence-electron chi connectivity index (χ0n) is 8.81. The van der Waals surface area contributed by atoms with E-state index < -0.39 is 5.91 Å². The molecule has 0 radical (unpaired) electrons. The minimum absolute atomic E-state index is 0.413. The molecule has 1 amide bonds. The fourth-order valence-electron chi connectivity index (χ4n) is 1.63. The average Bonchev–Trinajstić information content (AvgIpc) is 2.29. The van der Waals surface area contributed by atoms with Crippen molar-refractivity contribution in [3.05, 3.63) is 54.2 Å². The van der Waals surface area contributed by atoms with Gasteiger partial charge in [-0.15, -0.1) is 0 Å². The van der Waals surface area contributed by atoms with Crippen LogP contribution >= 0.6 is 0 Å². The zero-order chi connectivity index (χ0) is 11.5. The van der Waals surface area contributed by atoms with Crippen LogP contribution in [0.1, 0.15) is 5.56 Å². The van der Waals surface area contributed by atoms with E-state index in [4.69, 9.17) is 5.73 Å². The maximum absolute atomic E-state index is 10.9. The molecule has 2 rings (SSSR count). The molecule has 0 bridgehead atoms. The average molecular weight is 212 g/mol. The third kappa shape index (κ3) is 1.93. The number of hydrogen-bond donors (Lipinski definition) is 1. The monoisotopic (exact) mass is 212 g/mol. The molecule has 0 unspecified atom stereocenters. The third-order valence-electron chi connectivity index (χ3n) is 2.49. The molecule has 0 aliphatic carbocycles. The lowest BCUT2D eigenvalue weighted by molar-refractivity contribution is -0.114. The molecule has 16 heavy (non-hydrogen) atoms. The number of hydrogen-bond acceptors (Lipinski definition) is 2. The van der Waals surface area contributed by atoms with E-state index in [0.29, 0.717) is 12.0 Å². The first-order chi connectivity index (χ1) is 7.68. The first-order valence-electron chi connectivity index (χ1n) is 4.98. The van der Waals surface area contributed by atoms with Gasteiger partial charge in [0.2, 0.25) is 5.91 Å². The van der Waals surface area contributed by atoms with Gasteiger partial charge in [-0.2, -0.15) is 0 Å². The number of nitrogens with two attached hydrogens (primary N) is 1. The highest BCUT2D eigenvalue weighted by Gasteiger charge is 2.06. The van der Waals surface area contributed by atoms with Crippen LogP contribution in [0.2, 0.25) is 0 Å². The molecular formula is C13H12N2O. The lowest BCUT2D eigenvalue weighted by Crippen LogP contribution is -2.14. The number of carbonyl (C=O) groups excluding carboxylic acids is 1. The summed E-state index contributed by atoms with van der Waals surface area (Å²) in [5, 5.41) is 1.03. The van der Waals surface area contributed by atoms with Gasteiger partial charge in [-0.3, -0.25) is 9.78 Å². The lowest BCUT2D eigenvalue weighted by atomic mass is 10.0. The lowest BCUT2D eigenvalue weighted by Gasteiger charge is -2.05. The van der Waals surface area contributed by atoms with Crippen LogP contribution in [0.3, 0.4) is 0 Å². The molecule has 0 fully saturated rings. The molecule has 0 atom stereocenters. The van der Waals surface area contributed by atoms with Crippen LogP contribution in [-0.4, -0.2) is 10.9 Å². The quantitative estimate of drug-likeness (QED) is 0.789. The van der Waals surface area contributed by atoms with E-state index in [1.54, 1.807) is 6.20 Å². The smallest absolute Gasteiger partial charge is 0.244 e. The van der Waals surface area contributed by atoms with Crippen LogP contribution in [0.25, 0.3) is 10.9 Å². The summed E-state index contributed by atoms with van der Waals surface area (Å²) in [6.45, 7) is 3.66. The van der Waals surface area contributed by atoms with E-state index in [9.17, 15) is 4.79 Å². The van der Waals surface area contributed by atoms with Crippen LogP contribution in [0.5, 0.6) is 0 Å². The largest absolute Gasteiger partial charge is 0.366 e. The molecule has 1 heterocycles. The topological polar surface area (TPSA) is 56.0 Å². The number of aromatic nitrogens is 1. The number of nitrogens with zero attached hydrogens (tertiary/aromatic N) is 1. The number of amides is 1. The van der Waals surface area contributed by atoms with E-state index >= 15 is 0 Å². The molecule has 1 aromatic carbocycles. The predicted molar refractivity (Wildman–Crippen MR) is 63.8 cm³/mol. The predicted octanol–water partition coefficient (Wildman–Crippen LogP) is 1.82. The Labute approximate surface area is 93.6 Å². The second kappa shape index (κ2) is 4.14. The van der Waals surface area contributed by atoms with Crippen molar-refractivity contribution in [2.45, 2.75) is 6.42 Å². The summed E-state index contributed by atoms with van der Waals surface area (Å²) in [6.07, 6.45) is 2.20. The van der Waals surface area contributed by atoms with Crippen molar-refractivity contribution in [2.75, 3.05) is 0 Å². The molecule has 0 spiro atoms. The molecule has 2 aromatic rings. The molecule has 0 aliphatic rings. The minimum Gasteiger partial charge on any atom is -0.366 e. The van der Waals surface area contributed by atoms with Gasteiger partial charge in [0.1, 0.15) is 0 Å². The van der Waals surface area contributed by atoms with E-state index in [0.717, 1.165) is 16.5 Å². The summed E-state index contributed by atoms with van der Waals surface area (Å²) >= 11 is 0. The van der Waals surface area contributed by atoms with Gasteiger partial charge in [0.05, 0.1) is 5.52 Å². The van der Waals surface area contributed by atoms with Crippen molar-refractivity contribution in [1.82, 2.24) is 4.98 Å². The Bertz CT molecular complexity index is 555. The number of pyridine rings is 1. The summed E-state index contributed by atoms with van der Waals surface area (Å²) in [7, 11) is 0. The summed E-state index contributed by atoms with van der Waals surface area (Å²) < 4.78 is 0. The Morgan fingerprint density at radius 3 is 2.81 bits per heavy atom. The highest BCUT2D eigenvalue weighted by Crippen LogP contribution is 2.18. The molecular weight excluding hydrogens is 200 g/mol. The fraction of sp³-hybridized carbons (Fsp3) is 0.0769. The van der Waals surface area contributed by atoms with Gasteiger partial charge in [-0.1, -0.05) is 24.8 Å². The van der Waals surface area contributed by atoms with Gasteiger partial charge in [0, 0.05) is 23.6 Å². The second-order valence-corrected chi connectivity index (χ2v) is 3.63. The van der Waals surface area contributed by atoms with Crippen LogP contribution in [0.4, 0.5) is 0 Å². The van der Waals surface area contributed by atoms with Gasteiger partial charge in [0.15, 0.2) is 0 Å². The highest BCUT2D eigenvalue weighted by atomic mass is 16.1. The van der Waals surface area contributed by atoms with Gasteiger partial charge in [-0.25, -0.2) is 0 Å². The Morgan fingerprint density at radius 1 is 1.31 bits per heavy atom. The summed E-state index contributed by atoms with van der Waals surface area (Å²) in [5.41, 5.74) is 7.52. The van der Waals surface area contributed by atoms with Gasteiger partial charge < -0.3 is 5.73 Å². The van der Waals surface area contributed by atoms with Crippen molar-refractivity contribution in [2.24, 2.45) is 5.73 Å². The molecule has 2 N–H and O–H groups in total. The summed E-state index contributed by atoms with van der Waals surface area (Å²) in [5.74, 6) is -0.458. The highest BCUT2D eigenvalue weighted by molar-refractivity contribution is 5.93. The zero-order valence-corrected chi connectivity index (χ0v) is 8.81. The van der Waals surface area contributed by atoms with Crippen LogP contribution < -0.4 is 5.73 Å². The molecule has 3 nitrogen and oxygen atoms in total. The SMILES string of the molecule is C=C(Cc1ccnc2ccccc12)C(N)=O. The fourth-order valence-corrected chi connectivity index (χ4v) is 1.63. The van der Waals surface area contributed by atoms with E-state index in [1.165, 1.54) is 0 Å². The number of carbonyl (C=O) groups is 1. The molecule has 3 heteroatoms. The van der Waals surface area contributed by atoms with E-state index in [1.807, 2.05) is 30.3 Å². The molecule has 0 saturated heterocycles. The van der Waals surface area contributed by atoms with Crippen LogP contribution in [-0.2, 0) is 11.2 Å². The third-order valence-corrected chi connectivity index (χ3v) is 2.49. The van der Waals surface area contributed by atoms with Gasteiger partial charge >= 0.3 is 0 Å². The number of benzene rings is 1. The minimum atomic E-state index is -0.458. The van der Waals surface area contributed by atoms with Crippen LogP contribution in [0, 0.1) is 0 Å².